The van der Waals surface area contributed by atoms with Gasteiger partial charge in [0, 0.05) is 56.4 Å². The van der Waals surface area contributed by atoms with Crippen molar-refractivity contribution >= 4 is 40.5 Å². The molecule has 0 radical (unpaired) electrons. The van der Waals surface area contributed by atoms with Crippen LogP contribution in [0.4, 0.5) is 17.6 Å². The van der Waals surface area contributed by atoms with E-state index >= 15 is 0 Å². The smallest absolute Gasteiger partial charge is 0.307 e. The highest BCUT2D eigenvalue weighted by Gasteiger charge is 2.24. The molecule has 258 valence electrons. The summed E-state index contributed by atoms with van der Waals surface area (Å²) in [6, 6.07) is 16.9. The average molecular weight is 670 g/mol. The fourth-order valence-corrected chi connectivity index (χ4v) is 6.20. The van der Waals surface area contributed by atoms with E-state index in [2.05, 4.69) is 59.8 Å². The summed E-state index contributed by atoms with van der Waals surface area (Å²) in [4.78, 5) is 25.6. The number of esters is 1. The molecule has 1 atom stereocenters. The van der Waals surface area contributed by atoms with Crippen LogP contribution in [0.25, 0.3) is 10.8 Å². The molecule has 3 aliphatic rings. The van der Waals surface area contributed by atoms with Crippen molar-refractivity contribution in [2.24, 2.45) is 10.3 Å². The van der Waals surface area contributed by atoms with E-state index < -0.39 is 0 Å². The second-order valence-corrected chi connectivity index (χ2v) is 12.5. The highest BCUT2D eigenvalue weighted by atomic mass is 16.5. The number of nitriles is 1. The zero-order valence-corrected chi connectivity index (χ0v) is 28.1. The summed E-state index contributed by atoms with van der Waals surface area (Å²) in [5, 5.41) is 27.3. The molecule has 14 heteroatoms. The quantitative estimate of drug-likeness (QED) is 0.139. The Morgan fingerprint density at radius 2 is 1.90 bits per heavy atom. The van der Waals surface area contributed by atoms with E-state index in [0.29, 0.717) is 57.1 Å². The van der Waals surface area contributed by atoms with Crippen molar-refractivity contribution in [3.05, 3.63) is 53.6 Å². The van der Waals surface area contributed by atoms with Gasteiger partial charge in [-0.15, -0.1) is 4.68 Å². The van der Waals surface area contributed by atoms with Crippen LogP contribution in [0.3, 0.4) is 0 Å². The topological polar surface area (TPSA) is 153 Å². The SMILES string of the molecule is COC(=O)CCOCCC[N+]1=CC(CNc2nc(NC3CCN(Cc4ccc5ccc(C#N)cc5c4)CC3)cc(N3CCOCC3)n2)N=N1. The molecule has 1 unspecified atom stereocenters. The average Bonchev–Trinajstić information content (AvgIpc) is 3.60. The number of piperidine rings is 1. The first-order valence-corrected chi connectivity index (χ1v) is 17.1. The Bertz CT molecular complexity index is 1680. The predicted molar refractivity (Wildman–Crippen MR) is 186 cm³/mol. The number of morpholine rings is 1. The van der Waals surface area contributed by atoms with E-state index in [9.17, 15) is 10.1 Å². The maximum Gasteiger partial charge on any atom is 0.307 e. The molecule has 0 amide bonds. The van der Waals surface area contributed by atoms with Crippen molar-refractivity contribution in [2.45, 2.75) is 44.3 Å². The van der Waals surface area contributed by atoms with Crippen molar-refractivity contribution in [3.63, 3.8) is 0 Å². The van der Waals surface area contributed by atoms with Gasteiger partial charge in [0.15, 0.2) is 0 Å². The van der Waals surface area contributed by atoms with Gasteiger partial charge in [0.2, 0.25) is 12.0 Å². The number of aromatic nitrogens is 2. The number of anilines is 3. The lowest BCUT2D eigenvalue weighted by Crippen LogP contribution is -2.39. The van der Waals surface area contributed by atoms with Gasteiger partial charge in [0.1, 0.15) is 29.6 Å². The Morgan fingerprint density at radius 3 is 2.71 bits per heavy atom. The van der Waals surface area contributed by atoms with Crippen molar-refractivity contribution < 1.29 is 23.7 Å². The molecule has 2 aromatic carbocycles. The molecule has 6 rings (SSSR count). The number of methoxy groups -OCH3 is 1. The Hall–Kier alpha value is -4.71. The molecule has 2 N–H and O–H groups in total. The summed E-state index contributed by atoms with van der Waals surface area (Å²) in [6.07, 6.45) is 5.03. The lowest BCUT2D eigenvalue weighted by Gasteiger charge is -2.33. The van der Waals surface area contributed by atoms with Gasteiger partial charge >= 0.3 is 5.97 Å². The molecule has 4 heterocycles. The summed E-state index contributed by atoms with van der Waals surface area (Å²) in [6.45, 7) is 7.86. The summed E-state index contributed by atoms with van der Waals surface area (Å²) >= 11 is 0. The number of nitrogens with zero attached hydrogens (tertiary/aromatic N) is 8. The molecule has 14 nitrogen and oxygen atoms in total. The molecule has 1 aromatic heterocycles. The molecular formula is C35H45N10O4+. The zero-order chi connectivity index (χ0) is 33.8. The molecule has 3 aromatic rings. The third-order valence-corrected chi connectivity index (χ3v) is 8.91. The summed E-state index contributed by atoms with van der Waals surface area (Å²) in [5.74, 6) is 1.97. The van der Waals surface area contributed by atoms with E-state index in [1.165, 1.54) is 12.7 Å². The Kier molecular flexibility index (Phi) is 11.9. The monoisotopic (exact) mass is 669 g/mol. The van der Waals surface area contributed by atoms with Crippen molar-refractivity contribution in [3.8, 4) is 6.07 Å². The van der Waals surface area contributed by atoms with Crippen LogP contribution in [-0.4, -0.2) is 117 Å². The maximum absolute atomic E-state index is 11.2. The standard InChI is InChI=1S/C35H45N10O4/c1-47-34(46)9-16-48-15-2-10-45-25-31(41-42-45)23-37-35-39-32(21-33(40-35)44-13-17-49-18-14-44)38-30-7-11-43(12-8-30)24-27-4-6-28-5-3-26(22-36)19-29(28)20-27/h3-6,19-21,25,30-31H,2,7-18,23-24H2,1H3,(H2,37,38,39,40)/q+1. The minimum atomic E-state index is -0.272. The molecule has 0 aliphatic carbocycles. The van der Waals surface area contributed by atoms with Crippen LogP contribution >= 0.6 is 0 Å². The van der Waals surface area contributed by atoms with Gasteiger partial charge in [-0.2, -0.15) is 15.2 Å². The van der Waals surface area contributed by atoms with Gasteiger partial charge in [-0.25, -0.2) is 0 Å². The Morgan fingerprint density at radius 1 is 1.06 bits per heavy atom. The minimum Gasteiger partial charge on any atom is -0.469 e. The molecule has 2 fully saturated rings. The number of nitrogens with one attached hydrogen (secondary N) is 2. The van der Waals surface area contributed by atoms with Crippen LogP contribution in [0, 0.1) is 11.3 Å². The number of rotatable bonds is 15. The second kappa shape index (κ2) is 17.1. The van der Waals surface area contributed by atoms with Crippen molar-refractivity contribution in [1.29, 1.82) is 5.26 Å². The van der Waals surface area contributed by atoms with Crippen LogP contribution in [0.15, 0.2) is 52.8 Å². The zero-order valence-electron chi connectivity index (χ0n) is 28.1. The van der Waals surface area contributed by atoms with Crippen LogP contribution in [-0.2, 0) is 25.5 Å². The molecule has 0 spiro atoms. The fraction of sp³-hybridized carbons (Fsp3) is 0.514. The Balaban J connectivity index is 1.01. The highest BCUT2D eigenvalue weighted by molar-refractivity contribution is 5.84. The van der Waals surface area contributed by atoms with Crippen molar-refractivity contribution in [2.75, 3.05) is 88.3 Å². The molecular weight excluding hydrogens is 624 g/mol. The summed E-state index contributed by atoms with van der Waals surface area (Å²) in [5.41, 5.74) is 1.95. The number of benzene rings is 2. The van der Waals surface area contributed by atoms with Gasteiger partial charge < -0.3 is 29.7 Å². The lowest BCUT2D eigenvalue weighted by molar-refractivity contribution is -0.532. The number of fused-ring (bicyclic) bond motifs is 1. The van der Waals surface area contributed by atoms with Crippen molar-refractivity contribution in [1.82, 2.24) is 14.9 Å². The number of carbonyl (C=O) groups is 1. The number of hydrogen-bond acceptors (Lipinski definition) is 13. The largest absolute Gasteiger partial charge is 0.469 e. The number of ether oxygens (including phenoxy) is 3. The number of hydrogen-bond donors (Lipinski definition) is 2. The highest BCUT2D eigenvalue weighted by Crippen LogP contribution is 2.24. The first-order chi connectivity index (χ1) is 24.0. The van der Waals surface area contributed by atoms with Gasteiger partial charge in [-0.1, -0.05) is 18.2 Å². The summed E-state index contributed by atoms with van der Waals surface area (Å²) < 4.78 is 17.5. The molecule has 49 heavy (non-hydrogen) atoms. The lowest BCUT2D eigenvalue weighted by atomic mass is 10.0. The number of carbonyl (C=O) groups excluding carboxylic acids is 1. The second-order valence-electron chi connectivity index (χ2n) is 12.5. The maximum atomic E-state index is 11.2. The third kappa shape index (κ3) is 9.91. The van der Waals surface area contributed by atoms with E-state index in [4.69, 9.17) is 19.4 Å². The van der Waals surface area contributed by atoms with E-state index in [0.717, 1.165) is 74.4 Å². The van der Waals surface area contributed by atoms with Gasteiger partial charge in [-0.05, 0) is 47.4 Å². The third-order valence-electron chi connectivity index (χ3n) is 8.91. The molecule has 0 saturated carbocycles. The molecule has 3 aliphatic heterocycles. The van der Waals surface area contributed by atoms with Gasteiger partial charge in [-0.3, -0.25) is 9.69 Å². The van der Waals surface area contributed by atoms with Crippen LogP contribution in [0.2, 0.25) is 0 Å². The van der Waals surface area contributed by atoms with Crippen LogP contribution in [0.5, 0.6) is 0 Å². The summed E-state index contributed by atoms with van der Waals surface area (Å²) in [7, 11) is 1.37. The van der Waals surface area contributed by atoms with E-state index in [-0.39, 0.29) is 18.4 Å². The Labute approximate surface area is 286 Å². The van der Waals surface area contributed by atoms with E-state index in [1.54, 1.807) is 0 Å². The first-order valence-electron chi connectivity index (χ1n) is 17.1. The fourth-order valence-electron chi connectivity index (χ4n) is 6.20. The van der Waals surface area contributed by atoms with E-state index in [1.807, 2.05) is 35.2 Å². The molecule has 0 bridgehead atoms. The van der Waals surface area contributed by atoms with Gasteiger partial charge in [0.05, 0.1) is 58.1 Å². The molecule has 2 saturated heterocycles. The van der Waals surface area contributed by atoms with Crippen LogP contribution < -0.4 is 15.5 Å². The van der Waals surface area contributed by atoms with Gasteiger partial charge in [0.25, 0.3) is 0 Å². The minimum absolute atomic E-state index is 0.132. The number of likely N-dealkylation sites (tertiary alicyclic amines) is 1. The normalized spacial score (nSPS) is 18.3. The predicted octanol–water partition coefficient (Wildman–Crippen LogP) is 3.63. The first kappa shape index (κ1) is 34.2. The van der Waals surface area contributed by atoms with Crippen LogP contribution in [0.1, 0.15) is 36.8 Å².